The Bertz CT molecular complexity index is 1180. The number of carboxylic acids is 1. The summed E-state index contributed by atoms with van der Waals surface area (Å²) < 4.78 is 0. The maximum Gasteiger partial charge on any atom is 0.335 e. The van der Waals surface area contributed by atoms with Gasteiger partial charge in [-0.05, 0) is 79.6 Å². The molecule has 0 aliphatic heterocycles. The average molecular weight is 435 g/mol. The van der Waals surface area contributed by atoms with E-state index >= 15 is 0 Å². The number of hydrogen-bond acceptors (Lipinski definition) is 5. The molecule has 0 bridgehead atoms. The zero-order valence-corrected chi connectivity index (χ0v) is 17.8. The minimum Gasteiger partial charge on any atom is -0.506 e. The number of thiophene rings is 1. The highest BCUT2D eigenvalue weighted by Gasteiger charge is 2.17. The molecule has 3 aromatic rings. The summed E-state index contributed by atoms with van der Waals surface area (Å²) in [4.78, 5) is 24.0. The standard InChI is InChI=1S/C24H22N2O4S/c1-14(25-26-23(28)16-7-9-17(10-8-16)24(29)30)20-13-31-22(21(20)27)19-11-6-15-4-2-3-5-18(15)12-19/h6-13,27H,2-5H2,1H3,(H,26,28)(H,29,30)/b25-14+. The molecule has 4 rings (SSSR count). The maximum atomic E-state index is 12.3. The van der Waals surface area contributed by atoms with Gasteiger partial charge in [-0.15, -0.1) is 11.3 Å². The number of rotatable bonds is 5. The van der Waals surface area contributed by atoms with Crippen molar-refractivity contribution in [2.24, 2.45) is 5.10 Å². The summed E-state index contributed by atoms with van der Waals surface area (Å²) >= 11 is 1.44. The quantitative estimate of drug-likeness (QED) is 0.395. The van der Waals surface area contributed by atoms with Crippen LogP contribution in [0, 0.1) is 0 Å². The molecule has 2 aromatic carbocycles. The Labute approximate surface area is 183 Å². The fraction of sp³-hybridized carbons (Fsp3) is 0.208. The Kier molecular flexibility index (Phi) is 5.86. The van der Waals surface area contributed by atoms with Gasteiger partial charge >= 0.3 is 5.97 Å². The van der Waals surface area contributed by atoms with E-state index in [0.717, 1.165) is 23.3 Å². The van der Waals surface area contributed by atoms with Crippen LogP contribution in [0.1, 0.15) is 57.2 Å². The van der Waals surface area contributed by atoms with E-state index in [1.54, 1.807) is 6.92 Å². The number of aryl methyl sites for hydroxylation is 2. The Morgan fingerprint density at radius 2 is 1.68 bits per heavy atom. The predicted molar refractivity (Wildman–Crippen MR) is 121 cm³/mol. The molecule has 0 spiro atoms. The van der Waals surface area contributed by atoms with Crippen molar-refractivity contribution in [2.45, 2.75) is 32.6 Å². The molecule has 158 valence electrons. The highest BCUT2D eigenvalue weighted by Crippen LogP contribution is 2.40. The molecule has 0 saturated carbocycles. The molecule has 1 aromatic heterocycles. The molecule has 1 amide bonds. The summed E-state index contributed by atoms with van der Waals surface area (Å²) in [6.45, 7) is 1.71. The minimum absolute atomic E-state index is 0.106. The number of fused-ring (bicyclic) bond motifs is 1. The van der Waals surface area contributed by atoms with Crippen LogP contribution in [0.15, 0.2) is 52.9 Å². The van der Waals surface area contributed by atoms with E-state index in [-0.39, 0.29) is 11.3 Å². The Balaban J connectivity index is 1.51. The molecule has 1 aliphatic carbocycles. The first-order chi connectivity index (χ1) is 14.9. The van der Waals surface area contributed by atoms with Gasteiger partial charge in [-0.3, -0.25) is 4.79 Å². The molecule has 1 heterocycles. The highest BCUT2D eigenvalue weighted by atomic mass is 32.1. The number of amides is 1. The number of nitrogens with zero attached hydrogens (tertiary/aromatic N) is 1. The fourth-order valence-corrected chi connectivity index (χ4v) is 4.71. The second-order valence-corrected chi connectivity index (χ2v) is 8.42. The van der Waals surface area contributed by atoms with E-state index < -0.39 is 11.9 Å². The van der Waals surface area contributed by atoms with Crippen molar-refractivity contribution in [3.63, 3.8) is 0 Å². The minimum atomic E-state index is -1.05. The second kappa shape index (κ2) is 8.73. The van der Waals surface area contributed by atoms with Gasteiger partial charge in [0.05, 0.1) is 21.7 Å². The number of nitrogens with one attached hydrogen (secondary N) is 1. The largest absolute Gasteiger partial charge is 0.506 e. The molecule has 0 radical (unpaired) electrons. The number of carboxylic acid groups (broad SMARTS) is 1. The number of hydrogen-bond donors (Lipinski definition) is 3. The van der Waals surface area contributed by atoms with Crippen LogP contribution in [0.2, 0.25) is 0 Å². The molecule has 0 unspecified atom stereocenters. The fourth-order valence-electron chi connectivity index (χ4n) is 3.71. The molecule has 0 fully saturated rings. The second-order valence-electron chi connectivity index (χ2n) is 7.54. The van der Waals surface area contributed by atoms with Crippen molar-refractivity contribution >= 4 is 28.9 Å². The van der Waals surface area contributed by atoms with Crippen LogP contribution in [0.4, 0.5) is 0 Å². The first-order valence-electron chi connectivity index (χ1n) is 10.0. The molecule has 3 N–H and O–H groups in total. The van der Waals surface area contributed by atoms with Crippen molar-refractivity contribution in [3.05, 3.63) is 75.7 Å². The van der Waals surface area contributed by atoms with Crippen LogP contribution >= 0.6 is 11.3 Å². The summed E-state index contributed by atoms with van der Waals surface area (Å²) in [6, 6.07) is 12.0. The lowest BCUT2D eigenvalue weighted by atomic mass is 9.90. The van der Waals surface area contributed by atoms with Crippen molar-refractivity contribution < 1.29 is 19.8 Å². The van der Waals surface area contributed by atoms with Gasteiger partial charge in [-0.25, -0.2) is 10.2 Å². The number of hydrazone groups is 1. The van der Waals surface area contributed by atoms with E-state index in [9.17, 15) is 14.7 Å². The van der Waals surface area contributed by atoms with Gasteiger partial charge in [-0.2, -0.15) is 5.10 Å². The first kappa shape index (κ1) is 20.8. The van der Waals surface area contributed by atoms with E-state index in [1.165, 1.54) is 59.6 Å². The Morgan fingerprint density at radius 1 is 1.00 bits per heavy atom. The van der Waals surface area contributed by atoms with E-state index in [0.29, 0.717) is 16.8 Å². The molecular formula is C24H22N2O4S. The van der Waals surface area contributed by atoms with Gasteiger partial charge < -0.3 is 10.2 Å². The van der Waals surface area contributed by atoms with Gasteiger partial charge in [-0.1, -0.05) is 12.1 Å². The van der Waals surface area contributed by atoms with E-state index in [1.807, 2.05) is 5.38 Å². The molecule has 0 saturated heterocycles. The lowest BCUT2D eigenvalue weighted by Crippen LogP contribution is -2.19. The SMILES string of the molecule is C/C(=N\NC(=O)c1ccc(C(=O)O)cc1)c1csc(-c2ccc3c(c2)CCCC3)c1O. The highest BCUT2D eigenvalue weighted by molar-refractivity contribution is 7.14. The van der Waals surface area contributed by atoms with Gasteiger partial charge in [0.15, 0.2) is 0 Å². The van der Waals surface area contributed by atoms with E-state index in [2.05, 4.69) is 28.7 Å². The molecule has 7 heteroatoms. The van der Waals surface area contributed by atoms with Crippen molar-refractivity contribution in [2.75, 3.05) is 0 Å². The topological polar surface area (TPSA) is 99.0 Å². The molecule has 31 heavy (non-hydrogen) atoms. The Hall–Kier alpha value is -3.45. The van der Waals surface area contributed by atoms with Crippen LogP contribution in [0.3, 0.4) is 0 Å². The smallest absolute Gasteiger partial charge is 0.335 e. The van der Waals surface area contributed by atoms with Crippen molar-refractivity contribution in [3.8, 4) is 16.2 Å². The average Bonchev–Trinajstić information content (AvgIpc) is 3.18. The number of aromatic hydroxyl groups is 1. The number of carbonyl (C=O) groups excluding carboxylic acids is 1. The Morgan fingerprint density at radius 3 is 2.39 bits per heavy atom. The third-order valence-electron chi connectivity index (χ3n) is 5.48. The van der Waals surface area contributed by atoms with Crippen LogP contribution in [0.25, 0.3) is 10.4 Å². The third-order valence-corrected chi connectivity index (χ3v) is 6.50. The third kappa shape index (κ3) is 4.36. The van der Waals surface area contributed by atoms with Crippen molar-refractivity contribution in [1.29, 1.82) is 0 Å². The lowest BCUT2D eigenvalue weighted by Gasteiger charge is -2.16. The summed E-state index contributed by atoms with van der Waals surface area (Å²) in [6.07, 6.45) is 4.61. The molecule has 1 aliphatic rings. The monoisotopic (exact) mass is 434 g/mol. The maximum absolute atomic E-state index is 12.3. The van der Waals surface area contributed by atoms with Crippen LogP contribution in [-0.4, -0.2) is 27.8 Å². The number of carbonyl (C=O) groups is 2. The first-order valence-corrected chi connectivity index (χ1v) is 10.9. The predicted octanol–water partition coefficient (Wildman–Crippen LogP) is 4.85. The molecular weight excluding hydrogens is 412 g/mol. The normalized spacial score (nSPS) is 13.5. The number of benzene rings is 2. The van der Waals surface area contributed by atoms with Gasteiger partial charge in [0.25, 0.3) is 5.91 Å². The van der Waals surface area contributed by atoms with Gasteiger partial charge in [0.1, 0.15) is 5.75 Å². The van der Waals surface area contributed by atoms with Gasteiger partial charge in [0.2, 0.25) is 0 Å². The summed E-state index contributed by atoms with van der Waals surface area (Å²) in [5.41, 5.74) is 7.64. The van der Waals surface area contributed by atoms with Gasteiger partial charge in [0, 0.05) is 10.9 Å². The zero-order chi connectivity index (χ0) is 22.0. The molecule has 0 atom stereocenters. The van der Waals surface area contributed by atoms with E-state index in [4.69, 9.17) is 5.11 Å². The summed E-state index contributed by atoms with van der Waals surface area (Å²) in [5.74, 6) is -1.36. The van der Waals surface area contributed by atoms with Crippen molar-refractivity contribution in [1.82, 2.24) is 5.43 Å². The van der Waals surface area contributed by atoms with Crippen LogP contribution in [0.5, 0.6) is 5.75 Å². The molecule has 6 nitrogen and oxygen atoms in total. The number of aromatic carboxylic acids is 1. The summed E-state index contributed by atoms with van der Waals surface area (Å²) in [5, 5.41) is 25.7. The zero-order valence-electron chi connectivity index (χ0n) is 17.0. The van der Waals surface area contributed by atoms with Crippen LogP contribution in [-0.2, 0) is 12.8 Å². The van der Waals surface area contributed by atoms with Crippen LogP contribution < -0.4 is 5.43 Å². The lowest BCUT2D eigenvalue weighted by molar-refractivity contribution is 0.0696. The summed E-state index contributed by atoms with van der Waals surface area (Å²) in [7, 11) is 0.